The fourth-order valence-electron chi connectivity index (χ4n) is 2.03. The first-order valence-corrected chi connectivity index (χ1v) is 7.95. The number of aromatic amines is 1. The van der Waals surface area contributed by atoms with Crippen molar-refractivity contribution in [3.8, 4) is 5.75 Å². The van der Waals surface area contributed by atoms with E-state index in [1.807, 2.05) is 0 Å². The maximum atomic E-state index is 12.4. The molecule has 0 aliphatic heterocycles. The number of H-pyrrole nitrogens is 1. The number of fused-ring (bicyclic) bond motifs is 1. The lowest BCUT2D eigenvalue weighted by Gasteiger charge is -2.08. The number of rotatable bonds is 3. The fraction of sp³-hybridized carbons (Fsp3) is 0.0667. The van der Waals surface area contributed by atoms with Crippen LogP contribution in [0.3, 0.4) is 0 Å². The molecule has 0 bridgehead atoms. The molecule has 0 spiro atoms. The van der Waals surface area contributed by atoms with Crippen LogP contribution in [-0.2, 0) is 0 Å². The smallest absolute Gasteiger partial charge is 0.305 e. The Labute approximate surface area is 138 Å². The van der Waals surface area contributed by atoms with Crippen molar-refractivity contribution in [3.63, 3.8) is 0 Å². The summed E-state index contributed by atoms with van der Waals surface area (Å²) in [6, 6.07) is 10.5. The number of thiazole rings is 1. The molecule has 0 fully saturated rings. The van der Waals surface area contributed by atoms with Crippen molar-refractivity contribution in [1.29, 1.82) is 0 Å². The molecular formula is C15H11BrN2O3S. The van der Waals surface area contributed by atoms with Gasteiger partial charge in [-0.3, -0.25) is 9.59 Å². The molecule has 0 saturated carbocycles. The summed E-state index contributed by atoms with van der Waals surface area (Å²) in [5.74, 6) is 0.348. The molecule has 1 aromatic heterocycles. The summed E-state index contributed by atoms with van der Waals surface area (Å²) in [6.07, 6.45) is 0. The molecular weight excluding hydrogens is 368 g/mol. The van der Waals surface area contributed by atoms with E-state index in [2.05, 4.69) is 26.2 Å². The Morgan fingerprint density at radius 3 is 2.86 bits per heavy atom. The lowest BCUT2D eigenvalue weighted by molar-refractivity contribution is 0.102. The minimum absolute atomic E-state index is 0.117. The molecule has 0 unspecified atom stereocenters. The van der Waals surface area contributed by atoms with Gasteiger partial charge in [-0.15, -0.1) is 0 Å². The second kappa shape index (κ2) is 5.94. The van der Waals surface area contributed by atoms with Gasteiger partial charge in [-0.1, -0.05) is 11.3 Å². The summed E-state index contributed by atoms with van der Waals surface area (Å²) in [6.45, 7) is 0. The third-order valence-electron chi connectivity index (χ3n) is 3.10. The Morgan fingerprint density at radius 2 is 2.09 bits per heavy atom. The number of hydrogen-bond acceptors (Lipinski definition) is 4. The van der Waals surface area contributed by atoms with Crippen molar-refractivity contribution in [1.82, 2.24) is 4.98 Å². The number of ether oxygens (including phenoxy) is 1. The molecule has 1 amide bonds. The Kier molecular flexibility index (Phi) is 4.00. The molecule has 1 heterocycles. The number of halogens is 1. The van der Waals surface area contributed by atoms with E-state index in [4.69, 9.17) is 4.74 Å². The topological polar surface area (TPSA) is 71.2 Å². The average Bonchev–Trinajstić information content (AvgIpc) is 2.87. The van der Waals surface area contributed by atoms with Gasteiger partial charge in [0, 0.05) is 10.2 Å². The predicted molar refractivity (Wildman–Crippen MR) is 91.1 cm³/mol. The van der Waals surface area contributed by atoms with E-state index in [9.17, 15) is 9.59 Å². The van der Waals surface area contributed by atoms with Crippen molar-refractivity contribution >= 4 is 49.1 Å². The van der Waals surface area contributed by atoms with Crippen LogP contribution in [0.4, 0.5) is 5.69 Å². The van der Waals surface area contributed by atoms with Gasteiger partial charge in [0.05, 0.1) is 22.9 Å². The fourth-order valence-corrected chi connectivity index (χ4v) is 3.23. The maximum absolute atomic E-state index is 12.4. The lowest BCUT2D eigenvalue weighted by Crippen LogP contribution is -2.12. The van der Waals surface area contributed by atoms with Crippen LogP contribution in [0.1, 0.15) is 10.4 Å². The molecule has 7 heteroatoms. The summed E-state index contributed by atoms with van der Waals surface area (Å²) in [5.41, 5.74) is 1.86. The zero-order valence-corrected chi connectivity index (χ0v) is 13.9. The molecule has 112 valence electrons. The monoisotopic (exact) mass is 378 g/mol. The summed E-state index contributed by atoms with van der Waals surface area (Å²) in [4.78, 5) is 26.3. The van der Waals surface area contributed by atoms with Crippen molar-refractivity contribution in [2.75, 3.05) is 12.4 Å². The van der Waals surface area contributed by atoms with Crippen LogP contribution >= 0.6 is 27.3 Å². The minimum Gasteiger partial charge on any atom is -0.497 e. The number of anilines is 1. The first kappa shape index (κ1) is 14.8. The van der Waals surface area contributed by atoms with Crippen LogP contribution in [0.15, 0.2) is 45.7 Å². The number of methoxy groups -OCH3 is 1. The number of carbonyl (C=O) groups is 1. The lowest BCUT2D eigenvalue weighted by atomic mass is 10.2. The predicted octanol–water partition coefficient (Wildman–Crippen LogP) is 3.61. The van der Waals surface area contributed by atoms with Gasteiger partial charge in [-0.05, 0) is 52.3 Å². The average molecular weight is 379 g/mol. The molecule has 0 saturated heterocycles. The molecule has 3 aromatic rings. The Hall–Kier alpha value is -2.12. The SMILES string of the molecule is COc1ccc(Br)c(C(=O)Nc2ccc3[nH]c(=O)sc3c2)c1. The first-order chi connectivity index (χ1) is 10.6. The van der Waals surface area contributed by atoms with Crippen molar-refractivity contribution in [2.24, 2.45) is 0 Å². The van der Waals surface area contributed by atoms with Crippen LogP contribution in [0.5, 0.6) is 5.75 Å². The molecule has 0 aliphatic carbocycles. The molecule has 0 radical (unpaired) electrons. The molecule has 2 aromatic carbocycles. The second-order valence-electron chi connectivity index (χ2n) is 4.53. The quantitative estimate of drug-likeness (QED) is 0.730. The van der Waals surface area contributed by atoms with Gasteiger partial charge in [0.25, 0.3) is 5.91 Å². The van der Waals surface area contributed by atoms with Gasteiger partial charge >= 0.3 is 4.87 Å². The van der Waals surface area contributed by atoms with Crippen LogP contribution in [0.2, 0.25) is 0 Å². The summed E-state index contributed by atoms with van der Waals surface area (Å²) >= 11 is 4.46. The highest BCUT2D eigenvalue weighted by molar-refractivity contribution is 9.10. The number of benzene rings is 2. The highest BCUT2D eigenvalue weighted by Crippen LogP contribution is 2.25. The van der Waals surface area contributed by atoms with Crippen LogP contribution in [0.25, 0.3) is 10.2 Å². The van der Waals surface area contributed by atoms with Crippen LogP contribution in [0, 0.1) is 0 Å². The van der Waals surface area contributed by atoms with E-state index in [1.54, 1.807) is 43.5 Å². The normalized spacial score (nSPS) is 10.6. The zero-order chi connectivity index (χ0) is 15.7. The van der Waals surface area contributed by atoms with Crippen LogP contribution < -0.4 is 14.9 Å². The minimum atomic E-state index is -0.256. The second-order valence-corrected chi connectivity index (χ2v) is 6.39. The van der Waals surface area contributed by atoms with E-state index in [1.165, 1.54) is 0 Å². The Balaban J connectivity index is 1.90. The van der Waals surface area contributed by atoms with Gasteiger partial charge in [0.2, 0.25) is 0 Å². The molecule has 0 atom stereocenters. The third kappa shape index (κ3) is 2.90. The summed E-state index contributed by atoms with van der Waals surface area (Å²) < 4.78 is 6.61. The van der Waals surface area contributed by atoms with Gasteiger partial charge < -0.3 is 15.0 Å². The number of aromatic nitrogens is 1. The molecule has 2 N–H and O–H groups in total. The molecule has 5 nitrogen and oxygen atoms in total. The number of carbonyl (C=O) groups excluding carboxylic acids is 1. The third-order valence-corrected chi connectivity index (χ3v) is 4.63. The Bertz CT molecular complexity index is 917. The highest BCUT2D eigenvalue weighted by atomic mass is 79.9. The summed E-state index contributed by atoms with van der Waals surface area (Å²) in [7, 11) is 1.55. The van der Waals surface area contributed by atoms with E-state index >= 15 is 0 Å². The first-order valence-electron chi connectivity index (χ1n) is 6.34. The largest absolute Gasteiger partial charge is 0.497 e. The number of nitrogens with one attached hydrogen (secondary N) is 2. The van der Waals surface area contributed by atoms with Gasteiger partial charge in [-0.25, -0.2) is 0 Å². The number of hydrogen-bond donors (Lipinski definition) is 2. The van der Waals surface area contributed by atoms with Crippen molar-refractivity contribution < 1.29 is 9.53 Å². The van der Waals surface area contributed by atoms with Crippen molar-refractivity contribution in [2.45, 2.75) is 0 Å². The van der Waals surface area contributed by atoms with Gasteiger partial charge in [0.15, 0.2) is 0 Å². The molecule has 22 heavy (non-hydrogen) atoms. The van der Waals surface area contributed by atoms with Crippen LogP contribution in [-0.4, -0.2) is 18.0 Å². The standard InChI is InChI=1S/C15H11BrN2O3S/c1-21-9-3-4-11(16)10(7-9)14(19)17-8-2-5-12-13(6-8)22-15(20)18-12/h2-7H,1H3,(H,17,19)(H,18,20). The van der Waals surface area contributed by atoms with E-state index in [-0.39, 0.29) is 10.8 Å². The van der Waals surface area contributed by atoms with Crippen molar-refractivity contribution in [3.05, 3.63) is 56.1 Å². The van der Waals surface area contributed by atoms with E-state index in [0.717, 1.165) is 21.6 Å². The summed E-state index contributed by atoms with van der Waals surface area (Å²) in [5, 5.41) is 2.82. The highest BCUT2D eigenvalue weighted by Gasteiger charge is 2.12. The van der Waals surface area contributed by atoms with Gasteiger partial charge in [-0.2, -0.15) is 0 Å². The zero-order valence-electron chi connectivity index (χ0n) is 11.5. The number of amides is 1. The van der Waals surface area contributed by atoms with E-state index < -0.39 is 0 Å². The van der Waals surface area contributed by atoms with Gasteiger partial charge in [0.1, 0.15) is 5.75 Å². The van der Waals surface area contributed by atoms with E-state index in [0.29, 0.717) is 21.5 Å². The molecule has 0 aliphatic rings. The maximum Gasteiger partial charge on any atom is 0.305 e. The molecule has 3 rings (SSSR count). The Morgan fingerprint density at radius 1 is 1.27 bits per heavy atom.